The molecular weight excluding hydrogens is 178 g/mol. The van der Waals surface area contributed by atoms with Crippen LogP contribution in [-0.4, -0.2) is 18.6 Å². The minimum Gasteiger partial charge on any atom is -0.468 e. The van der Waals surface area contributed by atoms with Crippen molar-refractivity contribution in [3.8, 4) is 0 Å². The number of ether oxygens (including phenoxy) is 1. The molecule has 0 aromatic heterocycles. The van der Waals surface area contributed by atoms with Crippen LogP contribution < -0.4 is 5.73 Å². The van der Waals surface area contributed by atoms with E-state index < -0.39 is 5.54 Å². The molecule has 2 atom stereocenters. The highest BCUT2D eigenvalue weighted by Crippen LogP contribution is 2.43. The molecule has 82 valence electrons. The third-order valence-electron chi connectivity index (χ3n) is 3.81. The number of nitrogens with two attached hydrogens (primary N) is 1. The molecule has 0 aromatic carbocycles. The van der Waals surface area contributed by atoms with Crippen molar-refractivity contribution < 1.29 is 9.53 Å². The molecule has 3 heteroatoms. The van der Waals surface area contributed by atoms with Crippen LogP contribution in [0, 0.1) is 11.3 Å². The Morgan fingerprint density at radius 2 is 2.00 bits per heavy atom. The Bertz CT molecular complexity index is 237. The van der Waals surface area contributed by atoms with Gasteiger partial charge in [0, 0.05) is 0 Å². The van der Waals surface area contributed by atoms with E-state index in [1.807, 2.05) is 0 Å². The largest absolute Gasteiger partial charge is 0.468 e. The summed E-state index contributed by atoms with van der Waals surface area (Å²) in [5.74, 6) is 0.195. The maximum Gasteiger partial charge on any atom is 0.325 e. The van der Waals surface area contributed by atoms with Gasteiger partial charge >= 0.3 is 5.97 Å². The Morgan fingerprint density at radius 1 is 1.43 bits per heavy atom. The Hall–Kier alpha value is -0.570. The molecule has 14 heavy (non-hydrogen) atoms. The Labute approximate surface area is 86.0 Å². The van der Waals surface area contributed by atoms with Crippen molar-refractivity contribution in [2.45, 2.75) is 45.6 Å². The van der Waals surface area contributed by atoms with Gasteiger partial charge in [0.05, 0.1) is 7.11 Å². The molecule has 0 radical (unpaired) electrons. The fourth-order valence-corrected chi connectivity index (χ4v) is 2.11. The SMILES string of the molecule is COC(=O)C1(N)CCC(C)(C)C(C)C1. The monoisotopic (exact) mass is 199 g/mol. The van der Waals surface area contributed by atoms with E-state index in [2.05, 4.69) is 20.8 Å². The van der Waals surface area contributed by atoms with Crippen molar-refractivity contribution in [1.29, 1.82) is 0 Å². The summed E-state index contributed by atoms with van der Waals surface area (Å²) in [5, 5.41) is 0. The highest BCUT2D eigenvalue weighted by molar-refractivity contribution is 5.80. The second kappa shape index (κ2) is 3.54. The van der Waals surface area contributed by atoms with Crippen LogP contribution >= 0.6 is 0 Å². The zero-order valence-corrected chi connectivity index (χ0v) is 9.59. The first-order chi connectivity index (χ1) is 6.32. The van der Waals surface area contributed by atoms with Crippen LogP contribution in [-0.2, 0) is 9.53 Å². The number of carbonyl (C=O) groups excluding carboxylic acids is 1. The van der Waals surface area contributed by atoms with Crippen LogP contribution in [0.4, 0.5) is 0 Å². The Morgan fingerprint density at radius 3 is 2.43 bits per heavy atom. The summed E-state index contributed by atoms with van der Waals surface area (Å²) in [5.41, 5.74) is 5.59. The standard InChI is InChI=1S/C11H21NO2/c1-8-7-11(12,9(13)14-4)6-5-10(8,2)3/h8H,5-7,12H2,1-4H3. The van der Waals surface area contributed by atoms with Gasteiger partial charge in [-0.25, -0.2) is 0 Å². The summed E-state index contributed by atoms with van der Waals surface area (Å²) in [6, 6.07) is 0. The van der Waals surface area contributed by atoms with Crippen molar-refractivity contribution in [3.63, 3.8) is 0 Å². The summed E-state index contributed by atoms with van der Waals surface area (Å²) < 4.78 is 4.75. The fourth-order valence-electron chi connectivity index (χ4n) is 2.11. The summed E-state index contributed by atoms with van der Waals surface area (Å²) in [4.78, 5) is 11.5. The molecule has 1 rings (SSSR count). The van der Waals surface area contributed by atoms with Gasteiger partial charge in [0.25, 0.3) is 0 Å². The van der Waals surface area contributed by atoms with Gasteiger partial charge in [0.1, 0.15) is 5.54 Å². The normalized spacial score (nSPS) is 36.5. The van der Waals surface area contributed by atoms with Gasteiger partial charge in [-0.1, -0.05) is 20.8 Å². The van der Waals surface area contributed by atoms with Gasteiger partial charge in [-0.05, 0) is 30.6 Å². The second-order valence-corrected chi connectivity index (χ2v) is 5.24. The molecule has 0 aliphatic heterocycles. The summed E-state index contributed by atoms with van der Waals surface area (Å²) in [6.45, 7) is 6.62. The maximum atomic E-state index is 11.5. The second-order valence-electron chi connectivity index (χ2n) is 5.24. The van der Waals surface area contributed by atoms with Crippen molar-refractivity contribution in [3.05, 3.63) is 0 Å². The summed E-state index contributed by atoms with van der Waals surface area (Å²) in [6.07, 6.45) is 2.45. The zero-order chi connectivity index (χ0) is 11.0. The molecule has 0 aromatic rings. The molecule has 0 amide bonds. The lowest BCUT2D eigenvalue weighted by Crippen LogP contribution is -2.54. The number of methoxy groups -OCH3 is 1. The highest BCUT2D eigenvalue weighted by atomic mass is 16.5. The molecule has 1 saturated carbocycles. The molecule has 2 N–H and O–H groups in total. The molecule has 0 spiro atoms. The van der Waals surface area contributed by atoms with Crippen molar-refractivity contribution in [2.75, 3.05) is 7.11 Å². The molecule has 1 aliphatic rings. The molecule has 1 fully saturated rings. The van der Waals surface area contributed by atoms with Gasteiger partial charge < -0.3 is 10.5 Å². The third-order valence-corrected chi connectivity index (χ3v) is 3.81. The number of rotatable bonds is 1. The van der Waals surface area contributed by atoms with Gasteiger partial charge in [0.2, 0.25) is 0 Å². The van der Waals surface area contributed by atoms with Crippen LogP contribution in [0.1, 0.15) is 40.0 Å². The molecule has 0 heterocycles. The lowest BCUT2D eigenvalue weighted by atomic mass is 9.63. The lowest BCUT2D eigenvalue weighted by Gasteiger charge is -2.44. The predicted molar refractivity (Wildman–Crippen MR) is 55.7 cm³/mol. The Balaban J connectivity index is 2.75. The van der Waals surface area contributed by atoms with E-state index in [0.29, 0.717) is 5.92 Å². The molecule has 2 unspecified atom stereocenters. The highest BCUT2D eigenvalue weighted by Gasteiger charge is 2.45. The van der Waals surface area contributed by atoms with Gasteiger partial charge in [-0.3, -0.25) is 4.79 Å². The first kappa shape index (κ1) is 11.5. The number of hydrogen-bond donors (Lipinski definition) is 1. The molecule has 3 nitrogen and oxygen atoms in total. The van der Waals surface area contributed by atoms with Crippen molar-refractivity contribution in [1.82, 2.24) is 0 Å². The smallest absolute Gasteiger partial charge is 0.325 e. The van der Waals surface area contributed by atoms with Crippen LogP contribution in [0.15, 0.2) is 0 Å². The lowest BCUT2D eigenvalue weighted by molar-refractivity contribution is -0.150. The first-order valence-electron chi connectivity index (χ1n) is 5.19. The van der Waals surface area contributed by atoms with E-state index in [1.54, 1.807) is 0 Å². The van der Waals surface area contributed by atoms with Gasteiger partial charge in [-0.15, -0.1) is 0 Å². The maximum absolute atomic E-state index is 11.5. The number of carbonyl (C=O) groups is 1. The van der Waals surface area contributed by atoms with E-state index in [-0.39, 0.29) is 11.4 Å². The molecule has 0 bridgehead atoms. The van der Waals surface area contributed by atoms with Crippen LogP contribution in [0.25, 0.3) is 0 Å². The average molecular weight is 199 g/mol. The van der Waals surface area contributed by atoms with Crippen molar-refractivity contribution in [2.24, 2.45) is 17.1 Å². The van der Waals surface area contributed by atoms with Gasteiger partial charge in [-0.2, -0.15) is 0 Å². The quantitative estimate of drug-likeness (QED) is 0.654. The van der Waals surface area contributed by atoms with Crippen molar-refractivity contribution >= 4 is 5.97 Å². The Kier molecular flexibility index (Phi) is 2.91. The van der Waals surface area contributed by atoms with Crippen LogP contribution in [0.3, 0.4) is 0 Å². The number of esters is 1. The molecular formula is C11H21NO2. The van der Waals surface area contributed by atoms with Gasteiger partial charge in [0.15, 0.2) is 0 Å². The molecule has 0 saturated heterocycles. The predicted octanol–water partition coefficient (Wildman–Crippen LogP) is 1.70. The summed E-state index contributed by atoms with van der Waals surface area (Å²) in [7, 11) is 1.40. The van der Waals surface area contributed by atoms with Crippen LogP contribution in [0.2, 0.25) is 0 Å². The zero-order valence-electron chi connectivity index (χ0n) is 9.59. The minimum atomic E-state index is -0.746. The topological polar surface area (TPSA) is 52.3 Å². The average Bonchev–Trinajstić information content (AvgIpc) is 2.11. The minimum absolute atomic E-state index is 0.264. The van der Waals surface area contributed by atoms with E-state index in [0.717, 1.165) is 19.3 Å². The van der Waals surface area contributed by atoms with Crippen LogP contribution in [0.5, 0.6) is 0 Å². The summed E-state index contributed by atoms with van der Waals surface area (Å²) >= 11 is 0. The molecule has 1 aliphatic carbocycles. The third kappa shape index (κ3) is 1.92. The van der Waals surface area contributed by atoms with E-state index in [1.165, 1.54) is 7.11 Å². The van der Waals surface area contributed by atoms with E-state index in [4.69, 9.17) is 10.5 Å². The van der Waals surface area contributed by atoms with E-state index >= 15 is 0 Å². The number of hydrogen-bond acceptors (Lipinski definition) is 3. The van der Waals surface area contributed by atoms with E-state index in [9.17, 15) is 4.79 Å². The first-order valence-corrected chi connectivity index (χ1v) is 5.19. The fraction of sp³-hybridized carbons (Fsp3) is 0.909.